The first-order valence-electron chi connectivity index (χ1n) is 8.28. The fourth-order valence-electron chi connectivity index (χ4n) is 3.54. The molecule has 0 spiro atoms. The van der Waals surface area contributed by atoms with Crippen molar-refractivity contribution in [3.8, 4) is 0 Å². The largest absolute Gasteiger partial charge is 0.466 e. The molecule has 0 aliphatic carbocycles. The van der Waals surface area contributed by atoms with Gasteiger partial charge in [0.15, 0.2) is 5.78 Å². The van der Waals surface area contributed by atoms with Crippen molar-refractivity contribution >= 4 is 18.0 Å². The van der Waals surface area contributed by atoms with E-state index < -0.39 is 47.7 Å². The molecule has 1 fully saturated rings. The summed E-state index contributed by atoms with van der Waals surface area (Å²) in [5.74, 6) is -6.40. The summed E-state index contributed by atoms with van der Waals surface area (Å²) in [7, 11) is 0. The van der Waals surface area contributed by atoms with Crippen LogP contribution in [-0.2, 0) is 9.53 Å². The number of nitrogens with zero attached hydrogens (tertiary/aromatic N) is 2. The third kappa shape index (κ3) is 3.45. The van der Waals surface area contributed by atoms with E-state index in [1.54, 1.807) is 0 Å². The van der Waals surface area contributed by atoms with Gasteiger partial charge in [-0.05, 0) is 37.3 Å². The minimum atomic E-state index is -4.75. The van der Waals surface area contributed by atoms with Gasteiger partial charge in [-0.25, -0.2) is 4.39 Å². The van der Waals surface area contributed by atoms with Crippen LogP contribution in [0.3, 0.4) is 0 Å². The van der Waals surface area contributed by atoms with Gasteiger partial charge < -0.3 is 4.74 Å². The quantitative estimate of drug-likeness (QED) is 0.455. The molecule has 2 aliphatic rings. The van der Waals surface area contributed by atoms with Gasteiger partial charge in [-0.15, -0.1) is 0 Å². The lowest BCUT2D eigenvalue weighted by atomic mass is 9.83. The summed E-state index contributed by atoms with van der Waals surface area (Å²) in [4.78, 5) is 25.4. The van der Waals surface area contributed by atoms with Crippen molar-refractivity contribution in [3.63, 3.8) is 0 Å². The number of Topliss-reactive ketones (excluding diaryl/α,β-unsaturated/α-hetero) is 1. The number of hydrogen-bond acceptors (Lipinski definition) is 5. The number of hydrogen-bond donors (Lipinski definition) is 0. The number of alkyl halides is 3. The topological polar surface area (TPSA) is 59.0 Å². The number of esters is 1. The molecule has 2 heterocycles. The van der Waals surface area contributed by atoms with Gasteiger partial charge in [0.05, 0.1) is 18.6 Å². The van der Waals surface area contributed by atoms with Gasteiger partial charge >= 0.3 is 12.1 Å². The Kier molecular flexibility index (Phi) is 5.03. The third-order valence-corrected chi connectivity index (χ3v) is 4.61. The molecule has 4 atom stereocenters. The van der Waals surface area contributed by atoms with Crippen molar-refractivity contribution < 1.29 is 31.9 Å². The highest BCUT2D eigenvalue weighted by atomic mass is 19.4. The maximum absolute atomic E-state index is 13.8. The van der Waals surface area contributed by atoms with E-state index in [0.717, 1.165) is 17.1 Å². The van der Waals surface area contributed by atoms with Gasteiger partial charge in [0.1, 0.15) is 17.8 Å². The molecule has 27 heavy (non-hydrogen) atoms. The monoisotopic (exact) mass is 384 g/mol. The van der Waals surface area contributed by atoms with Crippen molar-refractivity contribution in [2.24, 2.45) is 16.9 Å². The zero-order valence-corrected chi connectivity index (χ0v) is 14.2. The van der Waals surface area contributed by atoms with Gasteiger partial charge in [-0.2, -0.15) is 18.3 Å². The second-order valence-corrected chi connectivity index (χ2v) is 6.18. The molecule has 9 heteroatoms. The lowest BCUT2D eigenvalue weighted by molar-refractivity contribution is -0.195. The van der Waals surface area contributed by atoms with Crippen LogP contribution in [0.2, 0.25) is 0 Å². The number of carbonyl (C=O) groups is 2. The number of carbonyl (C=O) groups excluding carboxylic acids is 2. The Balaban J connectivity index is 2.08. The van der Waals surface area contributed by atoms with Crippen molar-refractivity contribution in [1.82, 2.24) is 5.01 Å². The van der Waals surface area contributed by atoms with Crippen molar-refractivity contribution in [2.75, 3.05) is 6.61 Å². The number of rotatable bonds is 4. The van der Waals surface area contributed by atoms with Gasteiger partial charge in [-0.3, -0.25) is 14.6 Å². The number of fused-ring (bicyclic) bond motifs is 1. The van der Waals surface area contributed by atoms with E-state index in [2.05, 4.69) is 5.10 Å². The van der Waals surface area contributed by atoms with Crippen LogP contribution in [0, 0.1) is 17.7 Å². The Hall–Kier alpha value is -2.71. The van der Waals surface area contributed by atoms with E-state index in [-0.39, 0.29) is 12.2 Å². The third-order valence-electron chi connectivity index (χ3n) is 4.61. The Bertz CT molecular complexity index is 789. The Morgan fingerprint density at radius 3 is 2.48 bits per heavy atom. The number of ether oxygens (including phenoxy) is 1. The summed E-state index contributed by atoms with van der Waals surface area (Å²) >= 11 is 0. The molecule has 2 aliphatic heterocycles. The van der Waals surface area contributed by atoms with E-state index >= 15 is 0 Å². The molecule has 0 amide bonds. The maximum atomic E-state index is 13.8. The molecule has 0 radical (unpaired) electrons. The summed E-state index contributed by atoms with van der Waals surface area (Å²) in [6.07, 6.45) is -0.903. The standard InChI is InChI=1S/C18H16F4N2O3/c1-2-27-17(26)13-14(18(20,21)22)12-4-3-9-23-24(12)15(13)16(25)10-5-7-11(19)8-6-10/h3-9,12-15H,2H2,1H3/t12-,13-,14+,15-/m0/s1. The molecule has 1 aromatic rings. The molecule has 0 N–H and O–H groups in total. The summed E-state index contributed by atoms with van der Waals surface area (Å²) in [6, 6.07) is 1.57. The molecule has 0 aromatic heterocycles. The average molecular weight is 384 g/mol. The van der Waals surface area contributed by atoms with Crippen LogP contribution in [0.15, 0.2) is 41.5 Å². The predicted molar refractivity (Wildman–Crippen MR) is 87.4 cm³/mol. The SMILES string of the molecule is CCOC(=O)[C@H]1[C@H](C(F)(F)F)[C@@H]2C=CC=NN2[C@@H]1C(=O)c1ccc(F)cc1. The number of allylic oxidation sites excluding steroid dienone is 1. The first kappa shape index (κ1) is 19.1. The number of hydrazone groups is 1. The Morgan fingerprint density at radius 1 is 1.22 bits per heavy atom. The van der Waals surface area contributed by atoms with Crippen LogP contribution >= 0.6 is 0 Å². The Morgan fingerprint density at radius 2 is 1.89 bits per heavy atom. The summed E-state index contributed by atoms with van der Waals surface area (Å²) < 4.78 is 59.4. The smallest absolute Gasteiger partial charge is 0.395 e. The first-order valence-corrected chi connectivity index (χ1v) is 8.28. The highest BCUT2D eigenvalue weighted by Gasteiger charge is 2.64. The molecule has 0 bridgehead atoms. The van der Waals surface area contributed by atoms with Crippen molar-refractivity contribution in [3.05, 3.63) is 47.8 Å². The van der Waals surface area contributed by atoms with Gasteiger partial charge in [-0.1, -0.05) is 6.08 Å². The van der Waals surface area contributed by atoms with E-state index in [0.29, 0.717) is 0 Å². The second kappa shape index (κ2) is 7.13. The molecule has 0 saturated carbocycles. The van der Waals surface area contributed by atoms with E-state index in [1.807, 2.05) is 0 Å². The van der Waals surface area contributed by atoms with E-state index in [4.69, 9.17) is 4.74 Å². The summed E-state index contributed by atoms with van der Waals surface area (Å²) in [5.41, 5.74) is -0.0120. The molecule has 3 rings (SSSR count). The van der Waals surface area contributed by atoms with Crippen molar-refractivity contribution in [2.45, 2.75) is 25.2 Å². The van der Waals surface area contributed by atoms with Gasteiger partial charge in [0.25, 0.3) is 0 Å². The normalized spacial score (nSPS) is 26.8. The van der Waals surface area contributed by atoms with Gasteiger partial charge in [0.2, 0.25) is 0 Å². The molecular formula is C18H16F4N2O3. The highest BCUT2D eigenvalue weighted by molar-refractivity contribution is 6.03. The molecular weight excluding hydrogens is 368 g/mol. The zero-order valence-electron chi connectivity index (χ0n) is 14.2. The van der Waals surface area contributed by atoms with E-state index in [1.165, 1.54) is 37.4 Å². The van der Waals surface area contributed by atoms with Crippen molar-refractivity contribution in [1.29, 1.82) is 0 Å². The molecule has 144 valence electrons. The lowest BCUT2D eigenvalue weighted by Crippen LogP contribution is -2.43. The van der Waals surface area contributed by atoms with Crippen LogP contribution in [0.5, 0.6) is 0 Å². The van der Waals surface area contributed by atoms with Crippen LogP contribution < -0.4 is 0 Å². The number of benzene rings is 1. The molecule has 1 saturated heterocycles. The summed E-state index contributed by atoms with van der Waals surface area (Å²) in [5, 5.41) is 4.90. The van der Waals surface area contributed by atoms with E-state index in [9.17, 15) is 27.2 Å². The molecule has 1 aromatic carbocycles. The number of ketones is 1. The highest BCUT2D eigenvalue weighted by Crippen LogP contribution is 2.47. The predicted octanol–water partition coefficient (Wildman–Crippen LogP) is 2.97. The van der Waals surface area contributed by atoms with Crippen LogP contribution in [0.4, 0.5) is 17.6 Å². The fraction of sp³-hybridized carbons (Fsp3) is 0.389. The average Bonchev–Trinajstić information content (AvgIpc) is 2.97. The maximum Gasteiger partial charge on any atom is 0.395 e. The first-order chi connectivity index (χ1) is 12.8. The minimum Gasteiger partial charge on any atom is -0.466 e. The van der Waals surface area contributed by atoms with Crippen LogP contribution in [0.1, 0.15) is 17.3 Å². The van der Waals surface area contributed by atoms with Gasteiger partial charge in [0, 0.05) is 11.8 Å². The Labute approximate surface area is 152 Å². The molecule has 0 unspecified atom stereocenters. The minimum absolute atomic E-state index is 0.0120. The van der Waals surface area contributed by atoms with Crippen LogP contribution in [-0.4, -0.2) is 47.8 Å². The summed E-state index contributed by atoms with van der Waals surface area (Å²) in [6.45, 7) is 1.35. The van der Waals surface area contributed by atoms with Crippen LogP contribution in [0.25, 0.3) is 0 Å². The lowest BCUT2D eigenvalue weighted by Gasteiger charge is -2.28. The number of halogens is 4. The fourth-order valence-corrected chi connectivity index (χ4v) is 3.54. The second-order valence-electron chi connectivity index (χ2n) is 6.18. The zero-order chi connectivity index (χ0) is 19.8. The molecule has 5 nitrogen and oxygen atoms in total.